The fraction of sp³-hybridized carbons (Fsp3) is 0.348. The monoisotopic (exact) mass is 360 g/mol. The summed E-state index contributed by atoms with van der Waals surface area (Å²) < 4.78 is 1.47. The van der Waals surface area contributed by atoms with Crippen LogP contribution >= 0.6 is 0 Å². The van der Waals surface area contributed by atoms with Crippen molar-refractivity contribution in [2.24, 2.45) is 0 Å². The molecular formula is C23H24N2O2. The van der Waals surface area contributed by atoms with E-state index in [9.17, 15) is 9.59 Å². The zero-order valence-corrected chi connectivity index (χ0v) is 15.7. The third-order valence-electron chi connectivity index (χ3n) is 5.34. The summed E-state index contributed by atoms with van der Waals surface area (Å²) >= 11 is 0. The van der Waals surface area contributed by atoms with Gasteiger partial charge < -0.3 is 0 Å². The number of fused-ring (bicyclic) bond motifs is 4. The Morgan fingerprint density at radius 2 is 1.70 bits per heavy atom. The van der Waals surface area contributed by atoms with Gasteiger partial charge >= 0.3 is 0 Å². The lowest BCUT2D eigenvalue weighted by Crippen LogP contribution is -2.21. The van der Waals surface area contributed by atoms with Crippen molar-refractivity contribution in [3.05, 3.63) is 69.8 Å². The van der Waals surface area contributed by atoms with E-state index < -0.39 is 0 Å². The number of hydrogen-bond acceptors (Lipinski definition) is 3. The molecule has 0 saturated carbocycles. The molecule has 4 rings (SSSR count). The van der Waals surface area contributed by atoms with Crippen LogP contribution in [0.5, 0.6) is 0 Å². The molecule has 0 fully saturated rings. The molecule has 3 aromatic rings. The van der Waals surface area contributed by atoms with Crippen molar-refractivity contribution in [1.82, 2.24) is 9.55 Å². The Hall–Kier alpha value is -2.75. The maximum Gasteiger partial charge on any atom is 0.266 e. The maximum atomic E-state index is 13.1. The lowest BCUT2D eigenvalue weighted by Gasteiger charge is -2.07. The van der Waals surface area contributed by atoms with E-state index >= 15 is 0 Å². The van der Waals surface area contributed by atoms with Gasteiger partial charge in [0.2, 0.25) is 5.78 Å². The Balaban J connectivity index is 1.63. The van der Waals surface area contributed by atoms with Crippen molar-refractivity contribution < 1.29 is 4.79 Å². The second-order valence-electron chi connectivity index (χ2n) is 7.29. The number of benzene rings is 2. The van der Waals surface area contributed by atoms with E-state index in [0.717, 1.165) is 18.4 Å². The van der Waals surface area contributed by atoms with Gasteiger partial charge in [0.15, 0.2) is 5.82 Å². The Kier molecular flexibility index (Phi) is 4.88. The fourth-order valence-electron chi connectivity index (χ4n) is 3.85. The SMILES string of the molecule is CCCCCCCCc1ccc2nc3n(c(=O)c2c1)-c1ccccc1C3=O. The van der Waals surface area contributed by atoms with Crippen LogP contribution in [-0.4, -0.2) is 15.3 Å². The van der Waals surface area contributed by atoms with Crippen LogP contribution in [0.4, 0.5) is 0 Å². The summed E-state index contributed by atoms with van der Waals surface area (Å²) in [6.07, 6.45) is 8.48. The topological polar surface area (TPSA) is 52.0 Å². The molecule has 0 spiro atoms. The van der Waals surface area contributed by atoms with E-state index in [1.54, 1.807) is 12.1 Å². The van der Waals surface area contributed by atoms with Crippen molar-refractivity contribution >= 4 is 16.7 Å². The van der Waals surface area contributed by atoms with E-state index in [1.165, 1.54) is 36.7 Å². The molecule has 0 saturated heterocycles. The number of ketones is 1. The van der Waals surface area contributed by atoms with Crippen LogP contribution < -0.4 is 5.56 Å². The van der Waals surface area contributed by atoms with Gasteiger partial charge in [-0.2, -0.15) is 0 Å². The highest BCUT2D eigenvalue weighted by atomic mass is 16.1. The number of para-hydroxylation sites is 1. The summed E-state index contributed by atoms with van der Waals surface area (Å²) in [6, 6.07) is 13.1. The van der Waals surface area contributed by atoms with Gasteiger partial charge in [-0.3, -0.25) is 14.2 Å². The Bertz CT molecular complexity index is 1070. The average Bonchev–Trinajstić information content (AvgIpc) is 2.98. The second-order valence-corrected chi connectivity index (χ2v) is 7.29. The molecule has 0 amide bonds. The van der Waals surface area contributed by atoms with Crippen molar-refractivity contribution in [2.75, 3.05) is 0 Å². The minimum Gasteiger partial charge on any atom is -0.285 e. The van der Waals surface area contributed by atoms with E-state index in [4.69, 9.17) is 0 Å². The first-order valence-corrected chi connectivity index (χ1v) is 9.90. The minimum absolute atomic E-state index is 0.155. The summed E-state index contributed by atoms with van der Waals surface area (Å²) in [5.41, 5.74) is 2.79. The van der Waals surface area contributed by atoms with E-state index in [0.29, 0.717) is 22.2 Å². The second kappa shape index (κ2) is 7.47. The van der Waals surface area contributed by atoms with Crippen LogP contribution in [0.3, 0.4) is 0 Å². The molecule has 4 nitrogen and oxygen atoms in total. The van der Waals surface area contributed by atoms with E-state index in [-0.39, 0.29) is 17.2 Å². The molecule has 138 valence electrons. The van der Waals surface area contributed by atoms with Gasteiger partial charge in [-0.25, -0.2) is 4.98 Å². The summed E-state index contributed by atoms with van der Waals surface area (Å²) in [7, 11) is 0. The molecule has 2 heterocycles. The highest BCUT2D eigenvalue weighted by Gasteiger charge is 2.29. The van der Waals surface area contributed by atoms with Gasteiger partial charge in [0.05, 0.1) is 22.2 Å². The Labute approximate surface area is 158 Å². The smallest absolute Gasteiger partial charge is 0.266 e. The summed E-state index contributed by atoms with van der Waals surface area (Å²) in [6.45, 7) is 2.23. The number of rotatable bonds is 7. The number of aromatic nitrogens is 2. The number of hydrogen-bond donors (Lipinski definition) is 0. The molecule has 0 atom stereocenters. The van der Waals surface area contributed by atoms with E-state index in [1.807, 2.05) is 30.3 Å². The average molecular weight is 360 g/mol. The Morgan fingerprint density at radius 3 is 2.56 bits per heavy atom. The number of unbranched alkanes of at least 4 members (excludes halogenated alkanes) is 5. The molecule has 1 aliphatic rings. The van der Waals surface area contributed by atoms with Crippen LogP contribution in [0.25, 0.3) is 16.6 Å². The van der Waals surface area contributed by atoms with Crippen LogP contribution in [0.15, 0.2) is 47.3 Å². The number of nitrogens with zero attached hydrogens (tertiary/aromatic N) is 2. The minimum atomic E-state index is -0.180. The molecule has 0 aliphatic carbocycles. The standard InChI is InChI=1S/C23H24N2O2/c1-2-3-4-5-6-7-10-16-13-14-19-18(15-16)23(27)25-20-12-9-8-11-17(20)21(26)22(25)24-19/h8-9,11-15H,2-7,10H2,1H3. The largest absolute Gasteiger partial charge is 0.285 e. The summed E-state index contributed by atoms with van der Waals surface area (Å²) in [5.74, 6) is 0.0399. The molecule has 0 bridgehead atoms. The van der Waals surface area contributed by atoms with Crippen molar-refractivity contribution in [1.29, 1.82) is 0 Å². The third kappa shape index (κ3) is 3.20. The lowest BCUT2D eigenvalue weighted by atomic mass is 10.0. The van der Waals surface area contributed by atoms with Gasteiger partial charge in [0.1, 0.15) is 0 Å². The highest BCUT2D eigenvalue weighted by Crippen LogP contribution is 2.26. The van der Waals surface area contributed by atoms with Gasteiger partial charge in [-0.05, 0) is 42.7 Å². The van der Waals surface area contributed by atoms with Gasteiger partial charge in [-0.15, -0.1) is 0 Å². The number of carbonyl (C=O) groups is 1. The molecule has 0 radical (unpaired) electrons. The van der Waals surface area contributed by atoms with Crippen LogP contribution in [0, 0.1) is 0 Å². The molecular weight excluding hydrogens is 336 g/mol. The highest BCUT2D eigenvalue weighted by molar-refractivity contribution is 6.13. The first-order chi connectivity index (χ1) is 13.2. The predicted octanol–water partition coefficient (Wildman–Crippen LogP) is 4.83. The fourth-order valence-corrected chi connectivity index (χ4v) is 3.85. The molecule has 0 N–H and O–H groups in total. The molecule has 0 unspecified atom stereocenters. The normalized spacial score (nSPS) is 12.4. The van der Waals surface area contributed by atoms with Crippen molar-refractivity contribution in [3.63, 3.8) is 0 Å². The first-order valence-electron chi connectivity index (χ1n) is 9.90. The van der Waals surface area contributed by atoms with Gasteiger partial charge in [0, 0.05) is 0 Å². The van der Waals surface area contributed by atoms with Crippen molar-refractivity contribution in [3.8, 4) is 5.69 Å². The van der Waals surface area contributed by atoms with Gasteiger partial charge in [-0.1, -0.05) is 57.2 Å². The predicted molar refractivity (Wildman–Crippen MR) is 108 cm³/mol. The first kappa shape index (κ1) is 17.7. The quantitative estimate of drug-likeness (QED) is 0.443. The molecule has 4 heteroatoms. The lowest BCUT2D eigenvalue weighted by molar-refractivity contribution is 0.103. The number of aryl methyl sites for hydroxylation is 1. The molecule has 1 aliphatic heterocycles. The summed E-state index contributed by atoms with van der Waals surface area (Å²) in [5, 5.41) is 0.590. The molecule has 1 aromatic heterocycles. The van der Waals surface area contributed by atoms with Crippen molar-refractivity contribution in [2.45, 2.75) is 51.9 Å². The molecule has 27 heavy (non-hydrogen) atoms. The molecule has 2 aromatic carbocycles. The van der Waals surface area contributed by atoms with Crippen LogP contribution in [0.2, 0.25) is 0 Å². The maximum absolute atomic E-state index is 13.1. The van der Waals surface area contributed by atoms with E-state index in [2.05, 4.69) is 11.9 Å². The summed E-state index contributed by atoms with van der Waals surface area (Å²) in [4.78, 5) is 30.2. The van der Waals surface area contributed by atoms with Crippen LogP contribution in [0.1, 0.15) is 67.2 Å². The van der Waals surface area contributed by atoms with Gasteiger partial charge in [0.25, 0.3) is 5.56 Å². The third-order valence-corrected chi connectivity index (χ3v) is 5.34. The zero-order chi connectivity index (χ0) is 18.8. The van der Waals surface area contributed by atoms with Crippen LogP contribution in [-0.2, 0) is 6.42 Å². The zero-order valence-electron chi connectivity index (χ0n) is 15.7. The Morgan fingerprint density at radius 1 is 0.926 bits per heavy atom. The number of carbonyl (C=O) groups excluding carboxylic acids is 1.